The molecule has 0 bridgehead atoms. The maximum atomic E-state index is 6.18. The molecule has 0 atom stereocenters. The number of para-hydroxylation sites is 2. The van der Waals surface area contributed by atoms with Gasteiger partial charge in [-0.3, -0.25) is 0 Å². The van der Waals surface area contributed by atoms with Gasteiger partial charge in [0.15, 0.2) is 0 Å². The second-order valence-electron chi connectivity index (χ2n) is 4.94. The lowest BCUT2D eigenvalue weighted by molar-refractivity contribution is 1.25. The minimum Gasteiger partial charge on any atom is -0.310 e. The Morgan fingerprint density at radius 2 is 1.38 bits per heavy atom. The van der Waals surface area contributed by atoms with Crippen molar-refractivity contribution in [3.05, 3.63) is 89.4 Å². The van der Waals surface area contributed by atoms with E-state index in [0.717, 1.165) is 22.1 Å². The molecule has 104 valence electrons. The molecule has 0 N–H and O–H groups in total. The van der Waals surface area contributed by atoms with Crippen LogP contribution in [0.5, 0.6) is 0 Å². The summed E-state index contributed by atoms with van der Waals surface area (Å²) in [6, 6.07) is 26.6. The van der Waals surface area contributed by atoms with E-state index in [1.54, 1.807) is 0 Å². The Kier molecular flexibility index (Phi) is 3.94. The van der Waals surface area contributed by atoms with Crippen molar-refractivity contribution in [3.63, 3.8) is 0 Å². The summed E-state index contributed by atoms with van der Waals surface area (Å²) >= 11 is 6.18. The minimum atomic E-state index is 0.738. The summed E-state index contributed by atoms with van der Waals surface area (Å²) in [5.41, 5.74) is 4.56. The van der Waals surface area contributed by atoms with Crippen LogP contribution in [-0.2, 0) is 0 Å². The summed E-state index contributed by atoms with van der Waals surface area (Å²) in [5.74, 6) is 0. The van der Waals surface area contributed by atoms with Crippen molar-refractivity contribution >= 4 is 28.7 Å². The molecule has 3 aromatic carbocycles. The second-order valence-corrected chi connectivity index (χ2v) is 5.37. The van der Waals surface area contributed by atoms with E-state index in [4.69, 9.17) is 11.6 Å². The molecule has 1 nitrogen and oxygen atoms in total. The van der Waals surface area contributed by atoms with Gasteiger partial charge < -0.3 is 4.90 Å². The normalized spacial score (nSPS) is 10.4. The van der Waals surface area contributed by atoms with Crippen LogP contribution in [-0.4, -0.2) is 0 Å². The Bertz CT molecular complexity index is 737. The molecule has 0 aliphatic heterocycles. The minimum absolute atomic E-state index is 0.738. The molecule has 2 heteroatoms. The summed E-state index contributed by atoms with van der Waals surface area (Å²) < 4.78 is 0. The SMILES string of the molecule is Cc1ccccc1N(c1ccccc1)c1cccc(Cl)c1. The van der Waals surface area contributed by atoms with Gasteiger partial charge in [0.2, 0.25) is 0 Å². The highest BCUT2D eigenvalue weighted by molar-refractivity contribution is 6.30. The molecule has 0 aromatic heterocycles. The quantitative estimate of drug-likeness (QED) is 0.562. The van der Waals surface area contributed by atoms with Gasteiger partial charge in [-0.15, -0.1) is 0 Å². The Morgan fingerprint density at radius 3 is 2.10 bits per heavy atom. The summed E-state index contributed by atoms with van der Waals surface area (Å²) in [6.07, 6.45) is 0. The zero-order chi connectivity index (χ0) is 14.7. The standard InChI is InChI=1S/C19H16ClN/c1-15-8-5-6-13-19(15)21(17-10-3-2-4-11-17)18-12-7-9-16(20)14-18/h2-14H,1H3. The van der Waals surface area contributed by atoms with E-state index in [1.165, 1.54) is 5.56 Å². The van der Waals surface area contributed by atoms with Gasteiger partial charge in [0, 0.05) is 22.1 Å². The fraction of sp³-hybridized carbons (Fsp3) is 0.0526. The molecule has 0 aliphatic carbocycles. The highest BCUT2D eigenvalue weighted by Crippen LogP contribution is 2.36. The summed E-state index contributed by atoms with van der Waals surface area (Å²) in [6.45, 7) is 2.12. The topological polar surface area (TPSA) is 3.24 Å². The van der Waals surface area contributed by atoms with Crippen LogP contribution in [0.4, 0.5) is 17.1 Å². The van der Waals surface area contributed by atoms with Gasteiger partial charge in [-0.1, -0.05) is 54.1 Å². The third-order valence-corrected chi connectivity index (χ3v) is 3.67. The predicted molar refractivity (Wildman–Crippen MR) is 90.9 cm³/mol. The van der Waals surface area contributed by atoms with Crippen LogP contribution in [0.25, 0.3) is 0 Å². The van der Waals surface area contributed by atoms with Gasteiger partial charge in [-0.25, -0.2) is 0 Å². The molecule has 0 saturated heterocycles. The lowest BCUT2D eigenvalue weighted by atomic mass is 10.1. The molecule has 0 radical (unpaired) electrons. The van der Waals surface area contributed by atoms with E-state index in [9.17, 15) is 0 Å². The Labute approximate surface area is 130 Å². The summed E-state index contributed by atoms with van der Waals surface area (Å²) in [7, 11) is 0. The first-order valence-electron chi connectivity index (χ1n) is 6.92. The molecule has 0 saturated carbocycles. The maximum Gasteiger partial charge on any atom is 0.0490 e. The fourth-order valence-corrected chi connectivity index (χ4v) is 2.62. The molecule has 21 heavy (non-hydrogen) atoms. The molecule has 0 unspecified atom stereocenters. The number of halogens is 1. The number of rotatable bonds is 3. The molecular formula is C19H16ClN. The van der Waals surface area contributed by atoms with Crippen LogP contribution >= 0.6 is 11.6 Å². The van der Waals surface area contributed by atoms with Crippen molar-refractivity contribution in [2.45, 2.75) is 6.92 Å². The lowest BCUT2D eigenvalue weighted by Gasteiger charge is -2.27. The summed E-state index contributed by atoms with van der Waals surface area (Å²) in [5, 5.41) is 0.738. The number of nitrogens with zero attached hydrogens (tertiary/aromatic N) is 1. The molecule has 0 spiro atoms. The maximum absolute atomic E-state index is 6.18. The van der Waals surface area contributed by atoms with E-state index in [2.05, 4.69) is 54.3 Å². The second kappa shape index (κ2) is 6.02. The third kappa shape index (κ3) is 2.93. The fourth-order valence-electron chi connectivity index (χ4n) is 2.43. The molecule has 0 fully saturated rings. The highest BCUT2D eigenvalue weighted by atomic mass is 35.5. The van der Waals surface area contributed by atoms with E-state index >= 15 is 0 Å². The van der Waals surface area contributed by atoms with Crippen LogP contribution < -0.4 is 4.90 Å². The van der Waals surface area contributed by atoms with Crippen LogP contribution in [0.1, 0.15) is 5.56 Å². The third-order valence-electron chi connectivity index (χ3n) is 3.44. The van der Waals surface area contributed by atoms with Gasteiger partial charge in [-0.05, 0) is 48.9 Å². The monoisotopic (exact) mass is 293 g/mol. The molecular weight excluding hydrogens is 278 g/mol. The smallest absolute Gasteiger partial charge is 0.0490 e. The van der Waals surface area contributed by atoms with Crippen molar-refractivity contribution in [2.75, 3.05) is 4.90 Å². The number of benzene rings is 3. The van der Waals surface area contributed by atoms with Crippen LogP contribution in [0, 0.1) is 6.92 Å². The number of hydrogen-bond acceptors (Lipinski definition) is 1. The highest BCUT2D eigenvalue weighted by Gasteiger charge is 2.13. The van der Waals surface area contributed by atoms with E-state index < -0.39 is 0 Å². The first-order valence-corrected chi connectivity index (χ1v) is 7.30. The predicted octanol–water partition coefficient (Wildman–Crippen LogP) is 6.12. The van der Waals surface area contributed by atoms with Gasteiger partial charge in [0.05, 0.1) is 0 Å². The average molecular weight is 294 g/mol. The molecule has 3 aromatic rings. The van der Waals surface area contributed by atoms with Crippen LogP contribution in [0.2, 0.25) is 5.02 Å². The Morgan fingerprint density at radius 1 is 0.714 bits per heavy atom. The number of hydrogen-bond donors (Lipinski definition) is 0. The first kappa shape index (κ1) is 13.7. The van der Waals surface area contributed by atoms with Crippen LogP contribution in [0.3, 0.4) is 0 Å². The largest absolute Gasteiger partial charge is 0.310 e. The molecule has 3 rings (SSSR count). The van der Waals surface area contributed by atoms with Gasteiger partial charge in [0.25, 0.3) is 0 Å². The van der Waals surface area contributed by atoms with E-state index in [1.807, 2.05) is 36.4 Å². The van der Waals surface area contributed by atoms with Crippen molar-refractivity contribution in [2.24, 2.45) is 0 Å². The summed E-state index contributed by atoms with van der Waals surface area (Å²) in [4.78, 5) is 2.22. The molecule has 0 heterocycles. The zero-order valence-electron chi connectivity index (χ0n) is 11.8. The lowest BCUT2D eigenvalue weighted by Crippen LogP contribution is -2.11. The van der Waals surface area contributed by atoms with Gasteiger partial charge in [-0.2, -0.15) is 0 Å². The van der Waals surface area contributed by atoms with Crippen molar-refractivity contribution in [1.29, 1.82) is 0 Å². The Balaban J connectivity index is 2.19. The molecule has 0 amide bonds. The zero-order valence-corrected chi connectivity index (χ0v) is 12.6. The van der Waals surface area contributed by atoms with Crippen LogP contribution in [0.15, 0.2) is 78.9 Å². The molecule has 0 aliphatic rings. The Hall–Kier alpha value is -2.25. The number of anilines is 3. The van der Waals surface area contributed by atoms with E-state index in [0.29, 0.717) is 0 Å². The average Bonchev–Trinajstić information content (AvgIpc) is 2.51. The van der Waals surface area contributed by atoms with Crippen molar-refractivity contribution in [1.82, 2.24) is 0 Å². The van der Waals surface area contributed by atoms with E-state index in [-0.39, 0.29) is 0 Å². The number of aryl methyl sites for hydroxylation is 1. The van der Waals surface area contributed by atoms with Crippen molar-refractivity contribution < 1.29 is 0 Å². The van der Waals surface area contributed by atoms with Crippen molar-refractivity contribution in [3.8, 4) is 0 Å². The van der Waals surface area contributed by atoms with Gasteiger partial charge >= 0.3 is 0 Å². The first-order chi connectivity index (χ1) is 10.3. The van der Waals surface area contributed by atoms with Gasteiger partial charge in [0.1, 0.15) is 0 Å².